The summed E-state index contributed by atoms with van der Waals surface area (Å²) >= 11 is 0. The molecule has 0 spiro atoms. The van der Waals surface area contributed by atoms with E-state index in [4.69, 9.17) is 5.11 Å². The summed E-state index contributed by atoms with van der Waals surface area (Å²) in [4.78, 5) is 7.86. The standard InChI is InChI=1S/C8H11N3O/c1-5-6-2-3-9-4-7(6)11-8(12)10-5/h9H,2-4H2,1H3,(H,10,11,12). The molecule has 4 nitrogen and oxygen atoms in total. The Hall–Kier alpha value is -1.16. The summed E-state index contributed by atoms with van der Waals surface area (Å²) in [5.74, 6) is 0. The highest BCUT2D eigenvalue weighted by Crippen LogP contribution is 2.16. The molecule has 0 fully saturated rings. The van der Waals surface area contributed by atoms with Crippen molar-refractivity contribution < 1.29 is 5.11 Å². The van der Waals surface area contributed by atoms with Crippen molar-refractivity contribution in [3.63, 3.8) is 0 Å². The maximum Gasteiger partial charge on any atom is 0.314 e. The molecule has 0 bridgehead atoms. The van der Waals surface area contributed by atoms with Gasteiger partial charge in [-0.3, -0.25) is 0 Å². The maximum absolute atomic E-state index is 9.12. The molecule has 2 N–H and O–H groups in total. The highest BCUT2D eigenvalue weighted by molar-refractivity contribution is 5.28. The summed E-state index contributed by atoms with van der Waals surface area (Å²) < 4.78 is 0. The minimum Gasteiger partial charge on any atom is -0.479 e. The monoisotopic (exact) mass is 165 g/mol. The number of aromatic nitrogens is 2. The van der Waals surface area contributed by atoms with Gasteiger partial charge in [-0.25, -0.2) is 4.98 Å². The van der Waals surface area contributed by atoms with Crippen LogP contribution in [0.3, 0.4) is 0 Å². The molecule has 0 unspecified atom stereocenters. The number of fused-ring (bicyclic) bond motifs is 1. The first kappa shape index (κ1) is 7.49. The third-order valence-electron chi connectivity index (χ3n) is 2.13. The number of nitrogens with one attached hydrogen (secondary N) is 1. The van der Waals surface area contributed by atoms with Crippen molar-refractivity contribution in [3.8, 4) is 6.01 Å². The molecule has 0 aliphatic carbocycles. The fraction of sp³-hybridized carbons (Fsp3) is 0.500. The van der Waals surface area contributed by atoms with Gasteiger partial charge in [-0.15, -0.1) is 0 Å². The van der Waals surface area contributed by atoms with E-state index < -0.39 is 0 Å². The molecule has 0 atom stereocenters. The number of hydrogen-bond donors (Lipinski definition) is 2. The Kier molecular flexibility index (Phi) is 1.69. The van der Waals surface area contributed by atoms with Crippen LogP contribution in [0.4, 0.5) is 0 Å². The second kappa shape index (κ2) is 2.71. The predicted molar refractivity (Wildman–Crippen MR) is 43.8 cm³/mol. The van der Waals surface area contributed by atoms with Crippen molar-refractivity contribution in [2.75, 3.05) is 6.54 Å². The predicted octanol–water partition coefficient (Wildman–Crippen LogP) is 0.136. The lowest BCUT2D eigenvalue weighted by atomic mass is 10.1. The van der Waals surface area contributed by atoms with Gasteiger partial charge >= 0.3 is 6.01 Å². The fourth-order valence-electron chi connectivity index (χ4n) is 1.53. The Morgan fingerprint density at radius 1 is 1.42 bits per heavy atom. The molecule has 0 saturated carbocycles. The van der Waals surface area contributed by atoms with E-state index in [0.717, 1.165) is 30.9 Å². The molecule has 2 rings (SSSR count). The molecule has 4 heteroatoms. The van der Waals surface area contributed by atoms with Gasteiger partial charge in [-0.1, -0.05) is 0 Å². The highest BCUT2D eigenvalue weighted by Gasteiger charge is 2.14. The summed E-state index contributed by atoms with van der Waals surface area (Å²) in [7, 11) is 0. The average Bonchev–Trinajstić information content (AvgIpc) is 2.04. The molecule has 1 aromatic heterocycles. The van der Waals surface area contributed by atoms with Crippen LogP contribution in [0, 0.1) is 6.92 Å². The van der Waals surface area contributed by atoms with Gasteiger partial charge in [0, 0.05) is 12.2 Å². The van der Waals surface area contributed by atoms with Crippen LogP contribution in [0.1, 0.15) is 17.0 Å². The third kappa shape index (κ3) is 1.14. The van der Waals surface area contributed by atoms with Crippen LogP contribution in [0.2, 0.25) is 0 Å². The van der Waals surface area contributed by atoms with E-state index in [1.807, 2.05) is 6.92 Å². The van der Waals surface area contributed by atoms with Gasteiger partial charge in [-0.05, 0) is 25.5 Å². The number of rotatable bonds is 0. The van der Waals surface area contributed by atoms with Gasteiger partial charge in [0.1, 0.15) is 0 Å². The Bertz CT molecular complexity index is 311. The molecule has 0 aromatic carbocycles. The molecule has 1 aromatic rings. The van der Waals surface area contributed by atoms with Crippen LogP contribution in [-0.4, -0.2) is 21.6 Å². The molecule has 0 saturated heterocycles. The van der Waals surface area contributed by atoms with Crippen LogP contribution in [0.5, 0.6) is 6.01 Å². The zero-order valence-corrected chi connectivity index (χ0v) is 6.96. The van der Waals surface area contributed by atoms with Gasteiger partial charge in [0.05, 0.1) is 5.69 Å². The van der Waals surface area contributed by atoms with E-state index in [-0.39, 0.29) is 6.01 Å². The second-order valence-electron chi connectivity index (χ2n) is 2.96. The number of aromatic hydroxyl groups is 1. The van der Waals surface area contributed by atoms with E-state index in [1.165, 1.54) is 5.56 Å². The molecule has 0 amide bonds. The molecule has 2 heterocycles. The zero-order chi connectivity index (χ0) is 8.55. The van der Waals surface area contributed by atoms with Crippen molar-refractivity contribution in [1.82, 2.24) is 15.3 Å². The van der Waals surface area contributed by atoms with Crippen molar-refractivity contribution >= 4 is 0 Å². The van der Waals surface area contributed by atoms with E-state index >= 15 is 0 Å². The lowest BCUT2D eigenvalue weighted by Crippen LogP contribution is -2.25. The Morgan fingerprint density at radius 2 is 2.25 bits per heavy atom. The van der Waals surface area contributed by atoms with Crippen LogP contribution >= 0.6 is 0 Å². The van der Waals surface area contributed by atoms with E-state index in [2.05, 4.69) is 15.3 Å². The highest BCUT2D eigenvalue weighted by atomic mass is 16.3. The van der Waals surface area contributed by atoms with Crippen molar-refractivity contribution in [3.05, 3.63) is 17.0 Å². The molecule has 64 valence electrons. The third-order valence-corrected chi connectivity index (χ3v) is 2.13. The summed E-state index contributed by atoms with van der Waals surface area (Å²) in [5.41, 5.74) is 3.02. The van der Waals surface area contributed by atoms with Gasteiger partial charge < -0.3 is 10.4 Å². The quantitative estimate of drug-likeness (QED) is 0.574. The van der Waals surface area contributed by atoms with Crippen molar-refractivity contribution in [2.24, 2.45) is 0 Å². The SMILES string of the molecule is Cc1nc(O)nc2c1CCNC2. The molecular formula is C8H11N3O. The zero-order valence-electron chi connectivity index (χ0n) is 6.96. The van der Waals surface area contributed by atoms with Crippen molar-refractivity contribution in [2.45, 2.75) is 19.9 Å². The van der Waals surface area contributed by atoms with Crippen LogP contribution in [0.15, 0.2) is 0 Å². The largest absolute Gasteiger partial charge is 0.479 e. The summed E-state index contributed by atoms with van der Waals surface area (Å²) in [6.45, 7) is 3.62. The molecule has 0 radical (unpaired) electrons. The smallest absolute Gasteiger partial charge is 0.314 e. The normalized spacial score (nSPS) is 15.8. The van der Waals surface area contributed by atoms with Gasteiger partial charge in [0.15, 0.2) is 0 Å². The van der Waals surface area contributed by atoms with E-state index in [1.54, 1.807) is 0 Å². The molecule has 12 heavy (non-hydrogen) atoms. The minimum atomic E-state index is -0.116. The first-order chi connectivity index (χ1) is 5.77. The lowest BCUT2D eigenvalue weighted by molar-refractivity contribution is 0.421. The number of hydrogen-bond acceptors (Lipinski definition) is 4. The molecular weight excluding hydrogens is 154 g/mol. The van der Waals surface area contributed by atoms with Crippen LogP contribution in [0.25, 0.3) is 0 Å². The van der Waals surface area contributed by atoms with Gasteiger partial charge in [0.25, 0.3) is 0 Å². The topological polar surface area (TPSA) is 58.0 Å². The first-order valence-corrected chi connectivity index (χ1v) is 4.03. The van der Waals surface area contributed by atoms with Crippen LogP contribution in [-0.2, 0) is 13.0 Å². The second-order valence-corrected chi connectivity index (χ2v) is 2.96. The molecule has 1 aliphatic rings. The average molecular weight is 165 g/mol. The van der Waals surface area contributed by atoms with Crippen LogP contribution < -0.4 is 5.32 Å². The number of aryl methyl sites for hydroxylation is 1. The molecule has 1 aliphatic heterocycles. The Labute approximate surface area is 70.7 Å². The maximum atomic E-state index is 9.12. The van der Waals surface area contributed by atoms with Gasteiger partial charge in [-0.2, -0.15) is 4.98 Å². The lowest BCUT2D eigenvalue weighted by Gasteiger charge is -2.16. The first-order valence-electron chi connectivity index (χ1n) is 4.03. The van der Waals surface area contributed by atoms with E-state index in [9.17, 15) is 0 Å². The summed E-state index contributed by atoms with van der Waals surface area (Å²) in [6.07, 6.45) is 0.960. The fourth-order valence-corrected chi connectivity index (χ4v) is 1.53. The number of nitrogens with zero attached hydrogens (tertiary/aromatic N) is 2. The Balaban J connectivity index is 2.53. The van der Waals surface area contributed by atoms with E-state index in [0.29, 0.717) is 0 Å². The minimum absolute atomic E-state index is 0.116. The summed E-state index contributed by atoms with van der Waals surface area (Å²) in [5, 5.41) is 12.3. The van der Waals surface area contributed by atoms with Gasteiger partial charge in [0.2, 0.25) is 0 Å². The summed E-state index contributed by atoms with van der Waals surface area (Å²) in [6, 6.07) is -0.116. The Morgan fingerprint density at radius 3 is 3.08 bits per heavy atom. The van der Waals surface area contributed by atoms with Crippen molar-refractivity contribution in [1.29, 1.82) is 0 Å².